The third kappa shape index (κ3) is 3.02. The van der Waals surface area contributed by atoms with Gasteiger partial charge in [-0.3, -0.25) is 4.68 Å². The summed E-state index contributed by atoms with van der Waals surface area (Å²) in [5, 5.41) is 7.72. The zero-order valence-electron chi connectivity index (χ0n) is 11.0. The van der Waals surface area contributed by atoms with Crippen molar-refractivity contribution in [1.29, 1.82) is 0 Å². The number of nitrogens with one attached hydrogen (secondary N) is 1. The molecule has 0 atom stereocenters. The van der Waals surface area contributed by atoms with Crippen LogP contribution in [0, 0.1) is 6.92 Å². The molecule has 0 radical (unpaired) electrons. The minimum absolute atomic E-state index is 0.325. The maximum atomic E-state index is 11.4. The van der Waals surface area contributed by atoms with E-state index < -0.39 is 10.0 Å². The monoisotopic (exact) mass is 272 g/mol. The molecule has 0 bridgehead atoms. The van der Waals surface area contributed by atoms with E-state index in [1.807, 2.05) is 20.2 Å². The van der Waals surface area contributed by atoms with Gasteiger partial charge < -0.3 is 5.32 Å². The van der Waals surface area contributed by atoms with Crippen molar-refractivity contribution in [1.82, 2.24) is 14.1 Å². The minimum atomic E-state index is -3.04. The lowest BCUT2D eigenvalue weighted by atomic mass is 10.1. The molecule has 7 heteroatoms. The molecular formula is C11H20N4O2S. The Kier molecular flexibility index (Phi) is 3.63. The van der Waals surface area contributed by atoms with Crippen LogP contribution in [0.4, 0.5) is 5.69 Å². The molecule has 1 aromatic rings. The molecule has 0 aliphatic carbocycles. The summed E-state index contributed by atoms with van der Waals surface area (Å²) in [6, 6.07) is 0.325. The second kappa shape index (κ2) is 4.89. The number of aryl methyl sites for hydroxylation is 2. The van der Waals surface area contributed by atoms with Crippen molar-refractivity contribution in [3.8, 4) is 0 Å². The summed E-state index contributed by atoms with van der Waals surface area (Å²) in [4.78, 5) is 0. The zero-order valence-corrected chi connectivity index (χ0v) is 11.9. The standard InChI is InChI=1S/C11H20N4O2S/c1-9-11(8-14(2)13-9)12-10-4-6-15(7-5-10)18(3,16)17/h8,10,12H,4-7H2,1-3H3. The number of hydrogen-bond donors (Lipinski definition) is 1. The second-order valence-electron chi connectivity index (χ2n) is 4.88. The number of hydrogen-bond acceptors (Lipinski definition) is 4. The van der Waals surface area contributed by atoms with Gasteiger partial charge in [-0.1, -0.05) is 0 Å². The molecule has 102 valence electrons. The molecule has 0 saturated carbocycles. The van der Waals surface area contributed by atoms with E-state index in [0.29, 0.717) is 19.1 Å². The summed E-state index contributed by atoms with van der Waals surface area (Å²) in [7, 11) is -1.14. The zero-order chi connectivity index (χ0) is 13.3. The lowest BCUT2D eigenvalue weighted by Gasteiger charge is -2.31. The fourth-order valence-electron chi connectivity index (χ4n) is 2.29. The van der Waals surface area contributed by atoms with E-state index in [0.717, 1.165) is 24.2 Å². The van der Waals surface area contributed by atoms with E-state index >= 15 is 0 Å². The summed E-state index contributed by atoms with van der Waals surface area (Å²) in [6.07, 6.45) is 4.90. The quantitative estimate of drug-likeness (QED) is 0.873. The highest BCUT2D eigenvalue weighted by atomic mass is 32.2. The molecule has 0 spiro atoms. The predicted octanol–water partition coefficient (Wildman–Crippen LogP) is 0.564. The smallest absolute Gasteiger partial charge is 0.211 e. The number of rotatable bonds is 3. The molecule has 0 aromatic carbocycles. The minimum Gasteiger partial charge on any atom is -0.379 e. The Bertz CT molecular complexity index is 515. The van der Waals surface area contributed by atoms with Crippen molar-refractivity contribution in [3.63, 3.8) is 0 Å². The highest BCUT2D eigenvalue weighted by molar-refractivity contribution is 7.88. The van der Waals surface area contributed by atoms with Gasteiger partial charge in [0, 0.05) is 32.4 Å². The fraction of sp³-hybridized carbons (Fsp3) is 0.727. The van der Waals surface area contributed by atoms with Crippen LogP contribution in [0.2, 0.25) is 0 Å². The van der Waals surface area contributed by atoms with E-state index in [4.69, 9.17) is 0 Å². The van der Waals surface area contributed by atoms with Gasteiger partial charge in [0.15, 0.2) is 0 Å². The first kappa shape index (κ1) is 13.4. The van der Waals surface area contributed by atoms with Gasteiger partial charge in [-0.15, -0.1) is 0 Å². The molecular weight excluding hydrogens is 252 g/mol. The van der Waals surface area contributed by atoms with Crippen LogP contribution in [-0.2, 0) is 17.1 Å². The van der Waals surface area contributed by atoms with Crippen LogP contribution in [0.15, 0.2) is 6.20 Å². The third-order valence-electron chi connectivity index (χ3n) is 3.30. The number of piperidine rings is 1. The maximum absolute atomic E-state index is 11.4. The van der Waals surface area contributed by atoms with E-state index in [9.17, 15) is 8.42 Å². The van der Waals surface area contributed by atoms with E-state index in [1.54, 1.807) is 8.99 Å². The third-order valence-corrected chi connectivity index (χ3v) is 4.60. The molecule has 2 heterocycles. The highest BCUT2D eigenvalue weighted by Crippen LogP contribution is 2.19. The van der Waals surface area contributed by atoms with Crippen LogP contribution < -0.4 is 5.32 Å². The summed E-state index contributed by atoms with van der Waals surface area (Å²) < 4.78 is 26.1. The van der Waals surface area contributed by atoms with E-state index in [2.05, 4.69) is 10.4 Å². The summed E-state index contributed by atoms with van der Waals surface area (Å²) >= 11 is 0. The molecule has 1 fully saturated rings. The maximum Gasteiger partial charge on any atom is 0.211 e. The van der Waals surface area contributed by atoms with Crippen molar-refractivity contribution < 1.29 is 8.42 Å². The Labute approximate surface area is 108 Å². The molecule has 1 aliphatic rings. The van der Waals surface area contributed by atoms with Crippen molar-refractivity contribution in [2.24, 2.45) is 7.05 Å². The molecule has 2 rings (SSSR count). The van der Waals surface area contributed by atoms with Gasteiger partial charge in [0.25, 0.3) is 0 Å². The van der Waals surface area contributed by atoms with Gasteiger partial charge in [-0.25, -0.2) is 12.7 Å². The fourth-order valence-corrected chi connectivity index (χ4v) is 3.17. The van der Waals surface area contributed by atoms with Crippen LogP contribution in [-0.4, -0.2) is 47.9 Å². The number of sulfonamides is 1. The number of anilines is 1. The SMILES string of the molecule is Cc1nn(C)cc1NC1CCN(S(C)(=O)=O)CC1. The van der Waals surface area contributed by atoms with Crippen molar-refractivity contribution in [2.75, 3.05) is 24.7 Å². The summed E-state index contributed by atoms with van der Waals surface area (Å²) in [6.45, 7) is 3.15. The van der Waals surface area contributed by atoms with Gasteiger partial charge in [0.1, 0.15) is 0 Å². The average molecular weight is 272 g/mol. The first-order valence-electron chi connectivity index (χ1n) is 6.08. The van der Waals surface area contributed by atoms with Gasteiger partial charge in [0.05, 0.1) is 17.6 Å². The molecule has 0 unspecified atom stereocenters. The van der Waals surface area contributed by atoms with Gasteiger partial charge in [-0.2, -0.15) is 5.10 Å². The molecule has 1 N–H and O–H groups in total. The van der Waals surface area contributed by atoms with Crippen LogP contribution in [0.5, 0.6) is 0 Å². The number of aromatic nitrogens is 2. The topological polar surface area (TPSA) is 67.2 Å². The molecule has 1 aromatic heterocycles. The summed E-state index contributed by atoms with van der Waals surface area (Å²) in [5.74, 6) is 0. The van der Waals surface area contributed by atoms with E-state index in [1.165, 1.54) is 6.26 Å². The molecule has 0 amide bonds. The van der Waals surface area contributed by atoms with E-state index in [-0.39, 0.29) is 0 Å². The Balaban J connectivity index is 1.93. The van der Waals surface area contributed by atoms with Gasteiger partial charge in [0.2, 0.25) is 10.0 Å². The molecule has 1 aliphatic heterocycles. The van der Waals surface area contributed by atoms with Crippen molar-refractivity contribution in [2.45, 2.75) is 25.8 Å². The predicted molar refractivity (Wildman–Crippen MR) is 71.0 cm³/mol. The highest BCUT2D eigenvalue weighted by Gasteiger charge is 2.25. The van der Waals surface area contributed by atoms with Crippen molar-refractivity contribution >= 4 is 15.7 Å². The first-order valence-corrected chi connectivity index (χ1v) is 7.93. The molecule has 18 heavy (non-hydrogen) atoms. The average Bonchev–Trinajstić information content (AvgIpc) is 2.57. The Morgan fingerprint density at radius 2 is 2.00 bits per heavy atom. The summed E-state index contributed by atoms with van der Waals surface area (Å²) in [5.41, 5.74) is 2.01. The Hall–Kier alpha value is -1.08. The number of nitrogens with zero attached hydrogens (tertiary/aromatic N) is 3. The van der Waals surface area contributed by atoms with Crippen LogP contribution in [0.3, 0.4) is 0 Å². The largest absolute Gasteiger partial charge is 0.379 e. The van der Waals surface area contributed by atoms with Gasteiger partial charge >= 0.3 is 0 Å². The van der Waals surface area contributed by atoms with Gasteiger partial charge in [-0.05, 0) is 19.8 Å². The Morgan fingerprint density at radius 1 is 1.39 bits per heavy atom. The Morgan fingerprint density at radius 3 is 2.44 bits per heavy atom. The lowest BCUT2D eigenvalue weighted by Crippen LogP contribution is -2.41. The normalized spacial score (nSPS) is 19.1. The molecule has 1 saturated heterocycles. The molecule has 6 nitrogen and oxygen atoms in total. The lowest BCUT2D eigenvalue weighted by molar-refractivity contribution is 0.332. The van der Waals surface area contributed by atoms with Crippen LogP contribution >= 0.6 is 0 Å². The van der Waals surface area contributed by atoms with Crippen molar-refractivity contribution in [3.05, 3.63) is 11.9 Å². The van der Waals surface area contributed by atoms with Crippen LogP contribution in [0.1, 0.15) is 18.5 Å². The first-order chi connectivity index (χ1) is 8.36. The van der Waals surface area contributed by atoms with Crippen LogP contribution in [0.25, 0.3) is 0 Å². The second-order valence-corrected chi connectivity index (χ2v) is 6.86.